The van der Waals surface area contributed by atoms with E-state index in [9.17, 15) is 10.1 Å². The number of pyridine rings is 1. The van der Waals surface area contributed by atoms with Crippen LogP contribution < -0.4 is 0 Å². The summed E-state index contributed by atoms with van der Waals surface area (Å²) in [7, 11) is 0. The van der Waals surface area contributed by atoms with Crippen molar-refractivity contribution in [2.75, 3.05) is 13.1 Å². The first-order chi connectivity index (χ1) is 8.11. The van der Waals surface area contributed by atoms with E-state index >= 15 is 0 Å². The van der Waals surface area contributed by atoms with Crippen molar-refractivity contribution in [2.45, 2.75) is 6.42 Å². The standard InChI is InChI=1S/C11H12ClN3O2/c1-2-5-13-10(8-15(16)17)6-9-3-4-11(12)14-7-9/h2-4,7H,1,5-6,8H2. The maximum atomic E-state index is 10.5. The fraction of sp³-hybridized carbons (Fsp3) is 0.273. The molecule has 0 atom stereocenters. The molecule has 0 N–H and O–H groups in total. The van der Waals surface area contributed by atoms with Gasteiger partial charge >= 0.3 is 0 Å². The molecule has 0 aliphatic rings. The van der Waals surface area contributed by atoms with E-state index in [0.29, 0.717) is 23.8 Å². The number of hydrogen-bond donors (Lipinski definition) is 0. The third kappa shape index (κ3) is 5.21. The second-order valence-electron chi connectivity index (χ2n) is 3.35. The molecule has 0 bridgehead atoms. The molecule has 0 amide bonds. The molecule has 0 aliphatic heterocycles. The molecule has 1 aromatic heterocycles. The monoisotopic (exact) mass is 253 g/mol. The van der Waals surface area contributed by atoms with Crippen LogP contribution in [0.2, 0.25) is 5.15 Å². The first kappa shape index (κ1) is 13.3. The van der Waals surface area contributed by atoms with E-state index in [1.54, 1.807) is 24.4 Å². The zero-order chi connectivity index (χ0) is 12.7. The minimum Gasteiger partial charge on any atom is -0.283 e. The number of hydrogen-bond acceptors (Lipinski definition) is 4. The third-order valence-corrected chi connectivity index (χ3v) is 2.18. The van der Waals surface area contributed by atoms with Gasteiger partial charge in [-0.1, -0.05) is 23.7 Å². The largest absolute Gasteiger partial charge is 0.283 e. The Kier molecular flexibility index (Phi) is 5.29. The van der Waals surface area contributed by atoms with Crippen LogP contribution >= 0.6 is 11.6 Å². The first-order valence-electron chi connectivity index (χ1n) is 4.97. The van der Waals surface area contributed by atoms with Gasteiger partial charge in [-0.15, -0.1) is 6.58 Å². The fourth-order valence-electron chi connectivity index (χ4n) is 1.25. The van der Waals surface area contributed by atoms with Crippen LogP contribution in [0.5, 0.6) is 0 Å². The Morgan fingerprint density at radius 3 is 2.94 bits per heavy atom. The van der Waals surface area contributed by atoms with Gasteiger partial charge in [-0.25, -0.2) is 4.98 Å². The third-order valence-electron chi connectivity index (χ3n) is 1.95. The van der Waals surface area contributed by atoms with E-state index in [-0.39, 0.29) is 6.54 Å². The Morgan fingerprint density at radius 1 is 1.65 bits per heavy atom. The minimum absolute atomic E-state index is 0.267. The molecule has 0 aromatic carbocycles. The second kappa shape index (κ2) is 6.75. The highest BCUT2D eigenvalue weighted by atomic mass is 35.5. The number of aliphatic imine (C=N–C) groups is 1. The van der Waals surface area contributed by atoms with Crippen molar-refractivity contribution in [3.63, 3.8) is 0 Å². The molecule has 0 saturated carbocycles. The van der Waals surface area contributed by atoms with E-state index in [1.165, 1.54) is 0 Å². The summed E-state index contributed by atoms with van der Waals surface area (Å²) in [5.41, 5.74) is 1.35. The molecule has 0 spiro atoms. The van der Waals surface area contributed by atoms with Crippen LogP contribution in [0.1, 0.15) is 5.56 Å². The minimum atomic E-state index is -0.398. The van der Waals surface area contributed by atoms with Crippen molar-refractivity contribution in [1.29, 1.82) is 0 Å². The van der Waals surface area contributed by atoms with E-state index in [0.717, 1.165) is 5.56 Å². The Morgan fingerprint density at radius 2 is 2.41 bits per heavy atom. The lowest BCUT2D eigenvalue weighted by molar-refractivity contribution is -0.463. The molecule has 1 rings (SSSR count). The predicted molar refractivity (Wildman–Crippen MR) is 67.3 cm³/mol. The zero-order valence-corrected chi connectivity index (χ0v) is 9.93. The van der Waals surface area contributed by atoms with E-state index in [1.807, 2.05) is 0 Å². The van der Waals surface area contributed by atoms with E-state index in [2.05, 4.69) is 16.6 Å². The van der Waals surface area contributed by atoms with Crippen molar-refractivity contribution in [2.24, 2.45) is 4.99 Å². The maximum absolute atomic E-state index is 10.5. The number of nitro groups is 1. The van der Waals surface area contributed by atoms with Gasteiger partial charge < -0.3 is 0 Å². The van der Waals surface area contributed by atoms with Crippen molar-refractivity contribution in [3.05, 3.63) is 51.8 Å². The van der Waals surface area contributed by atoms with Crippen molar-refractivity contribution < 1.29 is 4.92 Å². The van der Waals surface area contributed by atoms with Crippen LogP contribution in [0.15, 0.2) is 36.0 Å². The molecule has 0 unspecified atom stereocenters. The van der Waals surface area contributed by atoms with Crippen molar-refractivity contribution in [3.8, 4) is 0 Å². The van der Waals surface area contributed by atoms with Gasteiger partial charge in [0.1, 0.15) is 5.15 Å². The van der Waals surface area contributed by atoms with Gasteiger partial charge in [-0.3, -0.25) is 15.1 Å². The molecule has 17 heavy (non-hydrogen) atoms. The summed E-state index contributed by atoms with van der Waals surface area (Å²) in [6.07, 6.45) is 3.59. The molecule has 0 fully saturated rings. The second-order valence-corrected chi connectivity index (χ2v) is 3.74. The lowest BCUT2D eigenvalue weighted by atomic mass is 10.1. The summed E-state index contributed by atoms with van der Waals surface area (Å²) in [5, 5.41) is 10.9. The SMILES string of the molecule is C=CCN=C(Cc1ccc(Cl)nc1)C[N+](=O)[O-]. The van der Waals surface area contributed by atoms with Crippen LogP contribution in [0.4, 0.5) is 0 Å². The first-order valence-corrected chi connectivity index (χ1v) is 5.35. The molecule has 5 nitrogen and oxygen atoms in total. The van der Waals surface area contributed by atoms with Gasteiger partial charge in [0.15, 0.2) is 0 Å². The quantitative estimate of drug-likeness (QED) is 0.257. The highest BCUT2D eigenvalue weighted by molar-refractivity contribution is 6.29. The normalized spacial score (nSPS) is 11.2. The average molecular weight is 254 g/mol. The van der Waals surface area contributed by atoms with Crippen molar-refractivity contribution in [1.82, 2.24) is 4.98 Å². The summed E-state index contributed by atoms with van der Waals surface area (Å²) < 4.78 is 0. The highest BCUT2D eigenvalue weighted by Crippen LogP contribution is 2.06. The average Bonchev–Trinajstić information content (AvgIpc) is 2.28. The zero-order valence-electron chi connectivity index (χ0n) is 9.17. The molecular weight excluding hydrogens is 242 g/mol. The van der Waals surface area contributed by atoms with Crippen LogP contribution in [0, 0.1) is 10.1 Å². The van der Waals surface area contributed by atoms with Crippen molar-refractivity contribution >= 4 is 17.3 Å². The Balaban J connectivity index is 2.74. The number of aromatic nitrogens is 1. The van der Waals surface area contributed by atoms with Gasteiger partial charge in [0.05, 0.1) is 12.3 Å². The molecule has 0 radical (unpaired) electrons. The molecular formula is C11H12ClN3O2. The summed E-state index contributed by atoms with van der Waals surface area (Å²) in [4.78, 5) is 18.1. The number of nitrogens with zero attached hydrogens (tertiary/aromatic N) is 3. The molecule has 0 saturated heterocycles. The van der Waals surface area contributed by atoms with Crippen LogP contribution in [-0.2, 0) is 6.42 Å². The Hall–Kier alpha value is -1.75. The Labute approximate surface area is 104 Å². The summed E-state index contributed by atoms with van der Waals surface area (Å²) in [6, 6.07) is 3.42. The maximum Gasteiger partial charge on any atom is 0.241 e. The lowest BCUT2D eigenvalue weighted by Crippen LogP contribution is -2.17. The van der Waals surface area contributed by atoms with E-state index < -0.39 is 4.92 Å². The summed E-state index contributed by atoms with van der Waals surface area (Å²) in [5.74, 6) is 0. The number of rotatable bonds is 6. The van der Waals surface area contributed by atoms with Crippen LogP contribution in [0.3, 0.4) is 0 Å². The topological polar surface area (TPSA) is 68.4 Å². The molecule has 1 heterocycles. The fourth-order valence-corrected chi connectivity index (χ4v) is 1.36. The lowest BCUT2D eigenvalue weighted by Gasteiger charge is -2.02. The molecule has 90 valence electrons. The van der Waals surface area contributed by atoms with Crippen LogP contribution in [0.25, 0.3) is 0 Å². The smallest absolute Gasteiger partial charge is 0.241 e. The molecule has 6 heteroatoms. The highest BCUT2D eigenvalue weighted by Gasteiger charge is 2.08. The van der Waals surface area contributed by atoms with Gasteiger partial charge in [0.2, 0.25) is 6.54 Å². The van der Waals surface area contributed by atoms with Gasteiger partial charge in [0.25, 0.3) is 0 Å². The molecule has 0 aliphatic carbocycles. The Bertz CT molecular complexity index is 429. The number of halogens is 1. The van der Waals surface area contributed by atoms with Crippen LogP contribution in [-0.4, -0.2) is 28.7 Å². The van der Waals surface area contributed by atoms with Gasteiger partial charge in [-0.2, -0.15) is 0 Å². The van der Waals surface area contributed by atoms with E-state index in [4.69, 9.17) is 11.6 Å². The van der Waals surface area contributed by atoms with Gasteiger partial charge in [0, 0.05) is 17.5 Å². The molecule has 1 aromatic rings. The van der Waals surface area contributed by atoms with Gasteiger partial charge in [-0.05, 0) is 11.6 Å². The summed E-state index contributed by atoms with van der Waals surface area (Å²) in [6.45, 7) is 3.64. The summed E-state index contributed by atoms with van der Waals surface area (Å²) >= 11 is 5.65. The predicted octanol–water partition coefficient (Wildman–Crippen LogP) is 2.18.